The van der Waals surface area contributed by atoms with Gasteiger partial charge in [-0.05, 0) is 37.1 Å². The third kappa shape index (κ3) is 3.74. The molecule has 1 amide bonds. The van der Waals surface area contributed by atoms with Crippen LogP contribution in [0.15, 0.2) is 73.1 Å². The van der Waals surface area contributed by atoms with Crippen LogP contribution in [0.25, 0.3) is 16.9 Å². The Kier molecular flexibility index (Phi) is 5.08. The molecule has 3 aromatic heterocycles. The van der Waals surface area contributed by atoms with Crippen LogP contribution < -0.4 is 5.32 Å². The van der Waals surface area contributed by atoms with E-state index in [1.165, 1.54) is 12.3 Å². The van der Waals surface area contributed by atoms with E-state index in [0.29, 0.717) is 30.3 Å². The number of carbonyl (C=O) groups excluding carboxylic acids is 1. The van der Waals surface area contributed by atoms with Crippen molar-refractivity contribution < 1.29 is 9.18 Å². The van der Waals surface area contributed by atoms with Gasteiger partial charge in [-0.15, -0.1) is 0 Å². The molecule has 1 atom stereocenters. The second-order valence-electron chi connectivity index (χ2n) is 7.64. The Bertz CT molecular complexity index is 1210. The summed E-state index contributed by atoms with van der Waals surface area (Å²) < 4.78 is 15.0. The maximum atomic E-state index is 13.8. The summed E-state index contributed by atoms with van der Waals surface area (Å²) >= 11 is 0. The monoisotopic (exact) mass is 415 g/mol. The summed E-state index contributed by atoms with van der Waals surface area (Å²) in [6.07, 6.45) is 4.90. The Balaban J connectivity index is 1.45. The van der Waals surface area contributed by atoms with Crippen LogP contribution in [0.5, 0.6) is 0 Å². The molecule has 1 aliphatic heterocycles. The number of hydrogen-bond donors (Lipinski definition) is 1. The normalized spacial score (nSPS) is 16.0. The molecular weight excluding hydrogens is 393 g/mol. The zero-order chi connectivity index (χ0) is 21.2. The van der Waals surface area contributed by atoms with Crippen molar-refractivity contribution in [3.63, 3.8) is 0 Å². The van der Waals surface area contributed by atoms with Gasteiger partial charge < -0.3 is 10.2 Å². The molecule has 5 rings (SSSR count). The van der Waals surface area contributed by atoms with Crippen molar-refractivity contribution in [1.29, 1.82) is 0 Å². The molecular formula is C24H22FN5O. The highest BCUT2D eigenvalue weighted by Gasteiger charge is 2.33. The molecule has 0 aliphatic carbocycles. The van der Waals surface area contributed by atoms with Crippen molar-refractivity contribution in [2.24, 2.45) is 0 Å². The number of benzene rings is 1. The molecule has 0 saturated carbocycles. The Labute approximate surface area is 179 Å². The van der Waals surface area contributed by atoms with Gasteiger partial charge in [0.1, 0.15) is 28.7 Å². The first kappa shape index (κ1) is 19.2. The zero-order valence-corrected chi connectivity index (χ0v) is 16.9. The van der Waals surface area contributed by atoms with E-state index in [4.69, 9.17) is 4.98 Å². The van der Waals surface area contributed by atoms with E-state index < -0.39 is 0 Å². The number of halogens is 1. The van der Waals surface area contributed by atoms with E-state index in [9.17, 15) is 9.18 Å². The molecule has 0 radical (unpaired) electrons. The van der Waals surface area contributed by atoms with Crippen LogP contribution in [0.3, 0.4) is 0 Å². The zero-order valence-electron chi connectivity index (χ0n) is 16.9. The number of hydrogen-bond acceptors (Lipinski definition) is 4. The fourth-order valence-corrected chi connectivity index (χ4v) is 4.15. The number of amides is 1. The number of aromatic nitrogens is 3. The van der Waals surface area contributed by atoms with E-state index in [-0.39, 0.29) is 17.8 Å². The highest BCUT2D eigenvalue weighted by atomic mass is 19.1. The fraction of sp³-hybridized carbons (Fsp3) is 0.208. The molecule has 4 aromatic rings. The van der Waals surface area contributed by atoms with E-state index in [1.807, 2.05) is 64.0 Å². The first-order valence-corrected chi connectivity index (χ1v) is 10.4. The molecule has 156 valence electrons. The van der Waals surface area contributed by atoms with Crippen LogP contribution in [0.2, 0.25) is 0 Å². The van der Waals surface area contributed by atoms with Crippen LogP contribution >= 0.6 is 0 Å². The number of pyridine rings is 2. The summed E-state index contributed by atoms with van der Waals surface area (Å²) in [6.45, 7) is 1.25. The summed E-state index contributed by atoms with van der Waals surface area (Å²) in [5.74, 6) is 0.193. The molecule has 0 bridgehead atoms. The van der Waals surface area contributed by atoms with Crippen LogP contribution in [0.1, 0.15) is 23.3 Å². The minimum atomic E-state index is -0.371. The van der Waals surface area contributed by atoms with Crippen LogP contribution in [-0.4, -0.2) is 44.3 Å². The van der Waals surface area contributed by atoms with Gasteiger partial charge in [-0.2, -0.15) is 0 Å². The van der Waals surface area contributed by atoms with Gasteiger partial charge in [0.25, 0.3) is 5.91 Å². The lowest BCUT2D eigenvalue weighted by atomic mass is 10.1. The molecule has 1 aliphatic rings. The highest BCUT2D eigenvalue weighted by molar-refractivity contribution is 6.00. The number of anilines is 1. The molecule has 4 heterocycles. The van der Waals surface area contributed by atoms with Crippen LogP contribution in [0.4, 0.5) is 10.2 Å². The number of carbonyl (C=O) groups is 1. The molecule has 0 spiro atoms. The number of nitrogens with zero attached hydrogens (tertiary/aromatic N) is 4. The molecule has 1 saturated heterocycles. The standard InChI is InChI=1S/C24H22FN5O/c25-18-11-12-20(26-15-18)27-16-19-9-6-14-29(19)24(31)23-22(17-7-2-1-3-8-17)28-21-10-4-5-13-30(21)23/h1-5,7-8,10-13,15,19H,6,9,14,16H2,(H,26,27)/t19-/m0/s1. The Hall–Kier alpha value is -3.74. The average molecular weight is 415 g/mol. The molecule has 1 aromatic carbocycles. The lowest BCUT2D eigenvalue weighted by Crippen LogP contribution is -2.40. The second kappa shape index (κ2) is 8.18. The van der Waals surface area contributed by atoms with Crippen molar-refractivity contribution in [2.75, 3.05) is 18.4 Å². The predicted octanol–water partition coefficient (Wildman–Crippen LogP) is 4.25. The van der Waals surface area contributed by atoms with Gasteiger partial charge in [0.15, 0.2) is 0 Å². The van der Waals surface area contributed by atoms with Crippen molar-refractivity contribution >= 4 is 17.4 Å². The van der Waals surface area contributed by atoms with Crippen molar-refractivity contribution in [3.05, 3.63) is 84.6 Å². The number of imidazole rings is 1. The summed E-state index contributed by atoms with van der Waals surface area (Å²) in [6, 6.07) is 18.5. The van der Waals surface area contributed by atoms with Crippen LogP contribution in [0, 0.1) is 5.82 Å². The summed E-state index contributed by atoms with van der Waals surface area (Å²) in [7, 11) is 0. The maximum absolute atomic E-state index is 13.8. The Morgan fingerprint density at radius 1 is 1.10 bits per heavy atom. The molecule has 1 N–H and O–H groups in total. The van der Waals surface area contributed by atoms with Crippen LogP contribution in [-0.2, 0) is 0 Å². The Morgan fingerprint density at radius 2 is 1.94 bits per heavy atom. The van der Waals surface area contributed by atoms with Gasteiger partial charge in [0, 0.05) is 30.9 Å². The lowest BCUT2D eigenvalue weighted by Gasteiger charge is -2.25. The van der Waals surface area contributed by atoms with E-state index in [0.717, 1.165) is 24.1 Å². The summed E-state index contributed by atoms with van der Waals surface area (Å²) in [4.78, 5) is 24.5. The first-order chi connectivity index (χ1) is 15.2. The lowest BCUT2D eigenvalue weighted by molar-refractivity contribution is 0.0737. The summed E-state index contributed by atoms with van der Waals surface area (Å²) in [5.41, 5.74) is 2.93. The number of rotatable bonds is 5. The number of nitrogens with one attached hydrogen (secondary N) is 1. The van der Waals surface area contributed by atoms with Crippen molar-refractivity contribution in [1.82, 2.24) is 19.3 Å². The molecule has 31 heavy (non-hydrogen) atoms. The van der Waals surface area contributed by atoms with E-state index in [2.05, 4.69) is 10.3 Å². The topological polar surface area (TPSA) is 62.5 Å². The molecule has 6 nitrogen and oxygen atoms in total. The third-order valence-electron chi connectivity index (χ3n) is 5.66. The van der Waals surface area contributed by atoms with Crippen molar-refractivity contribution in [2.45, 2.75) is 18.9 Å². The fourth-order valence-electron chi connectivity index (χ4n) is 4.15. The predicted molar refractivity (Wildman–Crippen MR) is 117 cm³/mol. The number of likely N-dealkylation sites (tertiary alicyclic amines) is 1. The Morgan fingerprint density at radius 3 is 2.74 bits per heavy atom. The molecule has 7 heteroatoms. The SMILES string of the molecule is O=C(c1c(-c2ccccc2)nc2ccccn12)N1CCC[C@H]1CNc1ccc(F)cn1. The van der Waals surface area contributed by atoms with Gasteiger partial charge in [0.05, 0.1) is 6.20 Å². The van der Waals surface area contributed by atoms with Gasteiger partial charge in [0.2, 0.25) is 0 Å². The van der Waals surface area contributed by atoms with E-state index in [1.54, 1.807) is 6.07 Å². The quantitative estimate of drug-likeness (QED) is 0.529. The van der Waals surface area contributed by atoms with Gasteiger partial charge in [-0.3, -0.25) is 9.20 Å². The van der Waals surface area contributed by atoms with Gasteiger partial charge in [-0.1, -0.05) is 36.4 Å². The minimum Gasteiger partial charge on any atom is -0.368 e. The third-order valence-corrected chi connectivity index (χ3v) is 5.66. The largest absolute Gasteiger partial charge is 0.368 e. The minimum absolute atomic E-state index is 0.0252. The maximum Gasteiger partial charge on any atom is 0.273 e. The summed E-state index contributed by atoms with van der Waals surface area (Å²) in [5, 5.41) is 3.23. The average Bonchev–Trinajstić information content (AvgIpc) is 3.44. The smallest absolute Gasteiger partial charge is 0.273 e. The van der Waals surface area contributed by atoms with Gasteiger partial charge in [-0.25, -0.2) is 14.4 Å². The highest BCUT2D eigenvalue weighted by Crippen LogP contribution is 2.28. The second-order valence-corrected chi connectivity index (χ2v) is 7.64. The first-order valence-electron chi connectivity index (χ1n) is 10.4. The molecule has 1 fully saturated rings. The molecule has 0 unspecified atom stereocenters. The van der Waals surface area contributed by atoms with Crippen molar-refractivity contribution in [3.8, 4) is 11.3 Å². The number of fused-ring (bicyclic) bond motifs is 1. The van der Waals surface area contributed by atoms with E-state index >= 15 is 0 Å². The van der Waals surface area contributed by atoms with Gasteiger partial charge >= 0.3 is 0 Å².